The Morgan fingerprint density at radius 3 is 1.30 bits per heavy atom. The third-order valence-electron chi connectivity index (χ3n) is 5.13. The van der Waals surface area contributed by atoms with Gasteiger partial charge in [-0.05, 0) is 49.7 Å². The van der Waals surface area contributed by atoms with Crippen molar-refractivity contribution in [2.24, 2.45) is 0 Å². The number of hydrogen-bond donors (Lipinski definition) is 1. The maximum atomic E-state index is 10.9. The zero-order valence-electron chi connectivity index (χ0n) is 16.0. The van der Waals surface area contributed by atoms with Crippen LogP contribution in [-0.4, -0.2) is 16.9 Å². The average molecular weight is 443 g/mol. The summed E-state index contributed by atoms with van der Waals surface area (Å²) in [5, 5.41) is 14.9. The Kier molecular flexibility index (Phi) is 8.23. The summed E-state index contributed by atoms with van der Waals surface area (Å²) in [6.07, 6.45) is 1.69. The fraction of sp³-hybridized carbons (Fsp3) is 0.250. The normalized spacial score (nSPS) is 13.4. The predicted octanol–water partition coefficient (Wildman–Crippen LogP) is 1.53. The highest BCUT2D eigenvalue weighted by molar-refractivity contribution is 7.96. The number of aliphatic hydroxyl groups excluding tert-OH is 1. The second-order valence-electron chi connectivity index (χ2n) is 6.83. The summed E-state index contributed by atoms with van der Waals surface area (Å²) in [6, 6.07) is 32.5. The molecule has 0 saturated heterocycles. The van der Waals surface area contributed by atoms with Crippen molar-refractivity contribution in [3.8, 4) is 0 Å². The number of benzene rings is 3. The summed E-state index contributed by atoms with van der Waals surface area (Å²) in [6.45, 7) is 4.18. The summed E-state index contributed by atoms with van der Waals surface area (Å²) in [5.74, 6) is 0. The summed E-state index contributed by atoms with van der Waals surface area (Å²) in [4.78, 5) is 0. The molecule has 3 aromatic rings. The van der Waals surface area contributed by atoms with Crippen LogP contribution < -0.4 is 32.9 Å². The van der Waals surface area contributed by atoms with Crippen LogP contribution >= 0.6 is 7.26 Å². The molecule has 27 heavy (non-hydrogen) atoms. The Morgan fingerprint density at radius 1 is 0.704 bits per heavy atom. The summed E-state index contributed by atoms with van der Waals surface area (Å²) >= 11 is 0. The lowest BCUT2D eigenvalue weighted by Crippen LogP contribution is -3.00. The second-order valence-corrected chi connectivity index (χ2v) is 10.5. The minimum Gasteiger partial charge on any atom is -1.00 e. The standard InChI is InChI=1S/C24H28OP.BrH/c1-3-13-24(20(2)25)26(21-14-7-4-8-15-21,22-16-9-5-10-17-22)23-18-11-6-12-19-23;/h4-12,14-20,24-25H,3,13H2,1-2H3;1H/q+1;/p-1. The molecule has 0 bridgehead atoms. The zero-order chi connectivity index (χ0) is 18.4. The minimum atomic E-state index is -1.99. The van der Waals surface area contributed by atoms with E-state index in [0.29, 0.717) is 0 Å². The Balaban J connectivity index is 0.00000261. The lowest BCUT2D eigenvalue weighted by molar-refractivity contribution is -0.00000736. The van der Waals surface area contributed by atoms with E-state index in [1.54, 1.807) is 0 Å². The molecule has 2 unspecified atom stereocenters. The van der Waals surface area contributed by atoms with Gasteiger partial charge in [0.25, 0.3) is 0 Å². The summed E-state index contributed by atoms with van der Waals surface area (Å²) in [7, 11) is -1.99. The molecule has 0 aliphatic carbocycles. The third-order valence-corrected chi connectivity index (χ3v) is 10.2. The maximum Gasteiger partial charge on any atom is 0.117 e. The van der Waals surface area contributed by atoms with E-state index in [1.807, 2.05) is 6.92 Å². The molecule has 0 saturated carbocycles. The lowest BCUT2D eigenvalue weighted by atomic mass is 10.2. The maximum absolute atomic E-state index is 10.9. The number of aliphatic hydroxyl groups is 1. The van der Waals surface area contributed by atoms with Crippen LogP contribution in [0.1, 0.15) is 26.7 Å². The van der Waals surface area contributed by atoms with Crippen molar-refractivity contribution in [3.05, 3.63) is 91.0 Å². The Bertz CT molecular complexity index is 694. The number of hydrogen-bond acceptors (Lipinski definition) is 1. The molecule has 3 aromatic carbocycles. The highest BCUT2D eigenvalue weighted by atomic mass is 79.9. The van der Waals surface area contributed by atoms with Gasteiger partial charge in [-0.3, -0.25) is 0 Å². The fourth-order valence-corrected chi connectivity index (χ4v) is 9.33. The van der Waals surface area contributed by atoms with Gasteiger partial charge in [0.1, 0.15) is 28.8 Å². The minimum absolute atomic E-state index is 0. The van der Waals surface area contributed by atoms with Crippen LogP contribution in [-0.2, 0) is 0 Å². The highest BCUT2D eigenvalue weighted by Crippen LogP contribution is 2.61. The number of halogens is 1. The SMILES string of the molecule is CCCC(C(C)O)[P+](c1ccccc1)(c1ccccc1)c1ccccc1.[Br-]. The van der Waals surface area contributed by atoms with E-state index in [1.165, 1.54) is 15.9 Å². The molecule has 0 amide bonds. The van der Waals surface area contributed by atoms with Crippen molar-refractivity contribution >= 4 is 23.2 Å². The topological polar surface area (TPSA) is 20.2 Å². The third kappa shape index (κ3) is 4.35. The predicted molar refractivity (Wildman–Crippen MR) is 116 cm³/mol. The van der Waals surface area contributed by atoms with Gasteiger partial charge in [0.2, 0.25) is 0 Å². The van der Waals surface area contributed by atoms with Crippen LogP contribution in [0.15, 0.2) is 91.0 Å². The van der Waals surface area contributed by atoms with Crippen molar-refractivity contribution in [2.45, 2.75) is 38.5 Å². The van der Waals surface area contributed by atoms with Crippen LogP contribution in [0.2, 0.25) is 0 Å². The molecule has 3 rings (SSSR count). The van der Waals surface area contributed by atoms with E-state index in [2.05, 4.69) is 97.9 Å². The Hall–Kier alpha value is -1.47. The van der Waals surface area contributed by atoms with Crippen molar-refractivity contribution < 1.29 is 22.1 Å². The average Bonchev–Trinajstić information content (AvgIpc) is 2.70. The summed E-state index contributed by atoms with van der Waals surface area (Å²) < 4.78 is 0. The van der Waals surface area contributed by atoms with E-state index >= 15 is 0 Å². The first-order chi connectivity index (χ1) is 12.7. The fourth-order valence-electron chi connectivity index (χ4n) is 4.07. The molecular weight excluding hydrogens is 415 g/mol. The van der Waals surface area contributed by atoms with Crippen LogP contribution in [0.5, 0.6) is 0 Å². The van der Waals surface area contributed by atoms with Crippen LogP contribution in [0, 0.1) is 0 Å². The van der Waals surface area contributed by atoms with Gasteiger partial charge in [0.15, 0.2) is 0 Å². The van der Waals surface area contributed by atoms with Gasteiger partial charge in [0, 0.05) is 0 Å². The van der Waals surface area contributed by atoms with E-state index < -0.39 is 7.26 Å². The van der Waals surface area contributed by atoms with Gasteiger partial charge in [-0.25, -0.2) is 0 Å². The Morgan fingerprint density at radius 2 is 1.04 bits per heavy atom. The monoisotopic (exact) mass is 442 g/mol. The molecule has 2 atom stereocenters. The molecule has 0 radical (unpaired) electrons. The second kappa shape index (κ2) is 10.2. The molecule has 0 fully saturated rings. The summed E-state index contributed by atoms with van der Waals surface area (Å²) in [5.41, 5.74) is 0.194. The molecule has 0 aliphatic heterocycles. The first kappa shape index (κ1) is 21.8. The van der Waals surface area contributed by atoms with Gasteiger partial charge >= 0.3 is 0 Å². The largest absolute Gasteiger partial charge is 1.00 e. The molecule has 3 heteroatoms. The molecule has 1 N–H and O–H groups in total. The van der Waals surface area contributed by atoms with E-state index in [9.17, 15) is 5.11 Å². The molecule has 0 aliphatic rings. The first-order valence-corrected chi connectivity index (χ1v) is 11.3. The highest BCUT2D eigenvalue weighted by Gasteiger charge is 2.53. The lowest BCUT2D eigenvalue weighted by Gasteiger charge is -2.36. The number of rotatable bonds is 7. The van der Waals surface area contributed by atoms with Crippen LogP contribution in [0.4, 0.5) is 0 Å². The van der Waals surface area contributed by atoms with E-state index in [4.69, 9.17) is 0 Å². The molecule has 0 spiro atoms. The molecule has 142 valence electrons. The van der Waals surface area contributed by atoms with Crippen molar-refractivity contribution in [3.63, 3.8) is 0 Å². The molecule has 0 heterocycles. The van der Waals surface area contributed by atoms with Crippen LogP contribution in [0.25, 0.3) is 0 Å². The smallest absolute Gasteiger partial charge is 0.117 e. The Labute approximate surface area is 174 Å². The van der Waals surface area contributed by atoms with Gasteiger partial charge in [-0.1, -0.05) is 67.9 Å². The van der Waals surface area contributed by atoms with Crippen molar-refractivity contribution in [1.82, 2.24) is 0 Å². The molecule has 0 aromatic heterocycles. The van der Waals surface area contributed by atoms with Crippen molar-refractivity contribution in [1.29, 1.82) is 0 Å². The van der Waals surface area contributed by atoms with Gasteiger partial charge in [0.05, 0.1) is 6.10 Å². The van der Waals surface area contributed by atoms with Crippen molar-refractivity contribution in [2.75, 3.05) is 0 Å². The van der Waals surface area contributed by atoms with Gasteiger partial charge in [-0.15, -0.1) is 0 Å². The van der Waals surface area contributed by atoms with Crippen LogP contribution in [0.3, 0.4) is 0 Å². The molecular formula is C24H28BrOP. The van der Waals surface area contributed by atoms with Gasteiger partial charge in [-0.2, -0.15) is 0 Å². The van der Waals surface area contributed by atoms with E-state index in [-0.39, 0.29) is 28.7 Å². The first-order valence-electron chi connectivity index (χ1n) is 9.45. The van der Waals surface area contributed by atoms with E-state index in [0.717, 1.165) is 12.8 Å². The quantitative estimate of drug-likeness (QED) is 0.550. The zero-order valence-corrected chi connectivity index (χ0v) is 18.5. The van der Waals surface area contributed by atoms with Gasteiger partial charge < -0.3 is 22.1 Å². The molecule has 1 nitrogen and oxygen atoms in total.